The molecule has 0 saturated carbocycles. The van der Waals surface area contributed by atoms with E-state index in [1.165, 1.54) is 302 Å². The van der Waals surface area contributed by atoms with E-state index in [4.69, 9.17) is 14.2 Å². The summed E-state index contributed by atoms with van der Waals surface area (Å²) in [6.45, 7) is 6.70. The number of rotatable bonds is 64. The van der Waals surface area contributed by atoms with Gasteiger partial charge in [-0.1, -0.05) is 361 Å². The van der Waals surface area contributed by atoms with E-state index in [2.05, 4.69) is 20.8 Å². The van der Waals surface area contributed by atoms with Gasteiger partial charge in [-0.15, -0.1) is 0 Å². The first-order valence-electron chi connectivity index (χ1n) is 34.0. The van der Waals surface area contributed by atoms with Crippen molar-refractivity contribution in [3.8, 4) is 0 Å². The van der Waals surface area contributed by atoms with Crippen LogP contribution in [0.4, 0.5) is 0 Å². The lowest BCUT2D eigenvalue weighted by molar-refractivity contribution is -0.167. The Morgan fingerprint density at radius 1 is 0.216 bits per heavy atom. The highest BCUT2D eigenvalue weighted by Gasteiger charge is 2.19. The van der Waals surface area contributed by atoms with Crippen LogP contribution in [0, 0.1) is 0 Å². The number of unbranched alkanes of at least 4 members (excludes halogenated alkanes) is 53. The molecule has 0 fully saturated rings. The summed E-state index contributed by atoms with van der Waals surface area (Å²) in [4.78, 5) is 38.2. The van der Waals surface area contributed by atoms with Gasteiger partial charge in [0.15, 0.2) is 6.10 Å². The van der Waals surface area contributed by atoms with Gasteiger partial charge in [0, 0.05) is 19.3 Å². The third kappa shape index (κ3) is 61.3. The van der Waals surface area contributed by atoms with Crippen molar-refractivity contribution < 1.29 is 28.6 Å². The Hall–Kier alpha value is -1.59. The molecule has 0 amide bonds. The lowest BCUT2D eigenvalue weighted by Crippen LogP contribution is -2.30. The number of hydrogen-bond donors (Lipinski definition) is 0. The van der Waals surface area contributed by atoms with E-state index in [-0.39, 0.29) is 31.1 Å². The van der Waals surface area contributed by atoms with Gasteiger partial charge in [-0.3, -0.25) is 14.4 Å². The maximum absolute atomic E-state index is 12.9. The first-order chi connectivity index (χ1) is 36.5. The van der Waals surface area contributed by atoms with E-state index in [1.54, 1.807) is 0 Å². The molecular formula is C68H132O6. The van der Waals surface area contributed by atoms with Crippen molar-refractivity contribution in [1.82, 2.24) is 0 Å². The largest absolute Gasteiger partial charge is 0.462 e. The lowest BCUT2D eigenvalue weighted by Gasteiger charge is -2.18. The van der Waals surface area contributed by atoms with Crippen molar-refractivity contribution in [3.05, 3.63) is 0 Å². The molecule has 0 aliphatic rings. The molecule has 0 aliphatic heterocycles. The average molecular weight is 1050 g/mol. The van der Waals surface area contributed by atoms with Crippen LogP contribution < -0.4 is 0 Å². The molecule has 0 N–H and O–H groups in total. The maximum atomic E-state index is 12.9. The topological polar surface area (TPSA) is 78.9 Å². The van der Waals surface area contributed by atoms with Gasteiger partial charge in [0.25, 0.3) is 0 Å². The van der Waals surface area contributed by atoms with Crippen LogP contribution in [-0.2, 0) is 28.6 Å². The van der Waals surface area contributed by atoms with Crippen LogP contribution in [-0.4, -0.2) is 37.2 Å². The second kappa shape index (κ2) is 63.9. The van der Waals surface area contributed by atoms with Crippen molar-refractivity contribution in [2.24, 2.45) is 0 Å². The molecule has 0 aliphatic carbocycles. The molecule has 74 heavy (non-hydrogen) atoms. The van der Waals surface area contributed by atoms with E-state index < -0.39 is 6.10 Å². The fraction of sp³-hybridized carbons (Fsp3) is 0.956. The third-order valence-electron chi connectivity index (χ3n) is 15.9. The molecule has 0 spiro atoms. The standard InChI is InChI=1S/C68H132O6/c1-4-7-10-13-16-19-21-23-25-27-29-31-33-34-35-36-38-39-41-43-45-47-49-52-55-58-61-67(70)73-64-65(63-72-66(69)60-57-54-51-18-15-12-9-6-3)74-68(71)62-59-56-53-50-48-46-44-42-40-37-32-30-28-26-24-22-20-17-14-11-8-5-2/h65H,4-64H2,1-3H3. The molecule has 0 bridgehead atoms. The van der Waals surface area contributed by atoms with Gasteiger partial charge in [-0.2, -0.15) is 0 Å². The quantitative estimate of drug-likeness (QED) is 0.0343. The van der Waals surface area contributed by atoms with Gasteiger partial charge in [0.05, 0.1) is 0 Å². The summed E-state index contributed by atoms with van der Waals surface area (Å²) in [6.07, 6.45) is 74.4. The molecule has 0 aromatic heterocycles. The zero-order valence-electron chi connectivity index (χ0n) is 50.7. The lowest BCUT2D eigenvalue weighted by atomic mass is 10.0. The van der Waals surface area contributed by atoms with E-state index in [1.807, 2.05) is 0 Å². The average Bonchev–Trinajstić information content (AvgIpc) is 3.40. The Balaban J connectivity index is 4.05. The molecule has 1 unspecified atom stereocenters. The molecule has 440 valence electrons. The van der Waals surface area contributed by atoms with Crippen LogP contribution in [0.1, 0.15) is 400 Å². The molecule has 0 radical (unpaired) electrons. The summed E-state index contributed by atoms with van der Waals surface area (Å²) in [7, 11) is 0. The summed E-state index contributed by atoms with van der Waals surface area (Å²) in [6, 6.07) is 0. The van der Waals surface area contributed by atoms with E-state index in [9.17, 15) is 14.4 Å². The predicted octanol–water partition coefficient (Wildman–Crippen LogP) is 23.1. The van der Waals surface area contributed by atoms with Crippen molar-refractivity contribution in [2.45, 2.75) is 406 Å². The fourth-order valence-electron chi connectivity index (χ4n) is 10.7. The zero-order chi connectivity index (χ0) is 53.6. The van der Waals surface area contributed by atoms with Crippen LogP contribution in [0.2, 0.25) is 0 Å². The van der Waals surface area contributed by atoms with Crippen molar-refractivity contribution in [2.75, 3.05) is 13.2 Å². The van der Waals surface area contributed by atoms with E-state index >= 15 is 0 Å². The minimum absolute atomic E-state index is 0.0611. The Morgan fingerprint density at radius 3 is 0.541 bits per heavy atom. The van der Waals surface area contributed by atoms with Crippen LogP contribution in [0.5, 0.6) is 0 Å². The number of hydrogen-bond acceptors (Lipinski definition) is 6. The van der Waals surface area contributed by atoms with Gasteiger partial charge < -0.3 is 14.2 Å². The van der Waals surface area contributed by atoms with Crippen LogP contribution in [0.25, 0.3) is 0 Å². The van der Waals surface area contributed by atoms with Crippen LogP contribution >= 0.6 is 0 Å². The maximum Gasteiger partial charge on any atom is 0.306 e. The SMILES string of the molecule is CCCCCCCCCCCCCCCCCCCCCCCCCCCCC(=O)OCC(COC(=O)CCCCCCCCCC)OC(=O)CCCCCCCCCCCCCCCCCCCCCCCC. The first kappa shape index (κ1) is 72.4. The fourth-order valence-corrected chi connectivity index (χ4v) is 10.7. The Labute approximate surface area is 463 Å². The molecular weight excluding hydrogens is 913 g/mol. The van der Waals surface area contributed by atoms with Gasteiger partial charge in [-0.25, -0.2) is 0 Å². The highest BCUT2D eigenvalue weighted by atomic mass is 16.6. The van der Waals surface area contributed by atoms with Crippen LogP contribution in [0.3, 0.4) is 0 Å². The van der Waals surface area contributed by atoms with E-state index in [0.29, 0.717) is 19.3 Å². The molecule has 0 aromatic rings. The summed E-state index contributed by atoms with van der Waals surface area (Å²) in [5.74, 6) is -0.831. The van der Waals surface area contributed by atoms with Crippen LogP contribution in [0.15, 0.2) is 0 Å². The predicted molar refractivity (Wildman–Crippen MR) is 321 cm³/mol. The number of carbonyl (C=O) groups is 3. The van der Waals surface area contributed by atoms with Crippen molar-refractivity contribution in [3.63, 3.8) is 0 Å². The molecule has 0 aromatic carbocycles. The molecule has 1 atom stereocenters. The van der Waals surface area contributed by atoms with Gasteiger partial charge >= 0.3 is 17.9 Å². The second-order valence-electron chi connectivity index (χ2n) is 23.5. The summed E-state index contributed by atoms with van der Waals surface area (Å²) in [5, 5.41) is 0. The number of carbonyl (C=O) groups excluding carboxylic acids is 3. The van der Waals surface area contributed by atoms with Gasteiger partial charge in [0.2, 0.25) is 0 Å². The third-order valence-corrected chi connectivity index (χ3v) is 15.9. The molecule has 0 saturated heterocycles. The highest BCUT2D eigenvalue weighted by molar-refractivity contribution is 5.71. The number of ether oxygens (including phenoxy) is 3. The van der Waals surface area contributed by atoms with Gasteiger partial charge in [-0.05, 0) is 19.3 Å². The van der Waals surface area contributed by atoms with E-state index in [0.717, 1.165) is 57.8 Å². The summed E-state index contributed by atoms with van der Waals surface area (Å²) < 4.78 is 16.9. The normalized spacial score (nSPS) is 11.9. The second-order valence-corrected chi connectivity index (χ2v) is 23.5. The highest BCUT2D eigenvalue weighted by Crippen LogP contribution is 2.19. The monoisotopic (exact) mass is 1050 g/mol. The summed E-state index contributed by atoms with van der Waals surface area (Å²) >= 11 is 0. The first-order valence-corrected chi connectivity index (χ1v) is 34.0. The Bertz CT molecular complexity index is 1110. The summed E-state index contributed by atoms with van der Waals surface area (Å²) in [5.41, 5.74) is 0. The minimum atomic E-state index is -0.761. The molecule has 6 nitrogen and oxygen atoms in total. The zero-order valence-corrected chi connectivity index (χ0v) is 50.7. The number of esters is 3. The Morgan fingerprint density at radius 2 is 0.365 bits per heavy atom. The van der Waals surface area contributed by atoms with Crippen molar-refractivity contribution in [1.29, 1.82) is 0 Å². The molecule has 0 heterocycles. The minimum Gasteiger partial charge on any atom is -0.462 e. The smallest absolute Gasteiger partial charge is 0.306 e. The van der Waals surface area contributed by atoms with Gasteiger partial charge in [0.1, 0.15) is 13.2 Å². The molecule has 0 rings (SSSR count). The Kier molecular flexibility index (Phi) is 62.6. The van der Waals surface area contributed by atoms with Crippen molar-refractivity contribution >= 4 is 17.9 Å². The molecule has 6 heteroatoms.